The monoisotopic (exact) mass is 335 g/mol. The maximum absolute atomic E-state index is 12.4. The van der Waals surface area contributed by atoms with Gasteiger partial charge in [-0.1, -0.05) is 6.07 Å². The predicted molar refractivity (Wildman–Crippen MR) is 91.7 cm³/mol. The van der Waals surface area contributed by atoms with E-state index < -0.39 is 0 Å². The lowest BCUT2D eigenvalue weighted by Crippen LogP contribution is -2.40. The largest absolute Gasteiger partial charge is 0.338 e. The second-order valence-corrected chi connectivity index (χ2v) is 7.86. The number of carbonyl (C=O) groups excluding carboxylic acids is 1. The molecule has 0 saturated carbocycles. The van der Waals surface area contributed by atoms with Crippen LogP contribution < -0.4 is 5.32 Å². The molecule has 6 heteroatoms. The number of nitrogens with one attached hydrogen (secondary N) is 1. The van der Waals surface area contributed by atoms with Gasteiger partial charge in [0.25, 0.3) is 0 Å². The topological polar surface area (TPSA) is 45.2 Å². The minimum Gasteiger partial charge on any atom is -0.338 e. The van der Waals surface area contributed by atoms with Crippen LogP contribution in [-0.4, -0.2) is 29.0 Å². The van der Waals surface area contributed by atoms with Crippen LogP contribution in [0.4, 0.5) is 4.79 Å². The van der Waals surface area contributed by atoms with Gasteiger partial charge < -0.3 is 10.2 Å². The zero-order chi connectivity index (χ0) is 15.5. The molecular weight excluding hydrogens is 314 g/mol. The molecule has 0 unspecified atom stereocenters. The number of amides is 2. The molecule has 1 fully saturated rings. The second-order valence-electron chi connectivity index (χ2n) is 5.59. The zero-order valence-electron chi connectivity index (χ0n) is 13.0. The van der Waals surface area contributed by atoms with Crippen molar-refractivity contribution in [2.75, 3.05) is 13.1 Å². The van der Waals surface area contributed by atoms with Gasteiger partial charge in [0.15, 0.2) is 0 Å². The fourth-order valence-electron chi connectivity index (χ4n) is 2.98. The Kier molecular flexibility index (Phi) is 4.78. The van der Waals surface area contributed by atoms with Gasteiger partial charge in [0.2, 0.25) is 0 Å². The molecule has 0 radical (unpaired) electrons. The fourth-order valence-corrected chi connectivity index (χ4v) is 4.79. The average molecular weight is 335 g/mol. The number of urea groups is 1. The van der Waals surface area contributed by atoms with Gasteiger partial charge in [-0.3, -0.25) is 0 Å². The molecule has 0 aliphatic carbocycles. The molecule has 1 aliphatic rings. The van der Waals surface area contributed by atoms with Crippen molar-refractivity contribution in [1.29, 1.82) is 0 Å². The molecule has 4 nitrogen and oxygen atoms in total. The van der Waals surface area contributed by atoms with E-state index in [9.17, 15) is 4.79 Å². The third-order valence-electron chi connectivity index (χ3n) is 4.01. The summed E-state index contributed by atoms with van der Waals surface area (Å²) in [6.07, 6.45) is 3.02. The summed E-state index contributed by atoms with van der Waals surface area (Å²) in [5, 5.41) is 6.25. The van der Waals surface area contributed by atoms with Crippen LogP contribution in [0, 0.1) is 13.8 Å². The minimum atomic E-state index is 0.0646. The van der Waals surface area contributed by atoms with E-state index in [0.29, 0.717) is 6.54 Å². The van der Waals surface area contributed by atoms with E-state index in [-0.39, 0.29) is 12.1 Å². The summed E-state index contributed by atoms with van der Waals surface area (Å²) < 4.78 is 0. The van der Waals surface area contributed by atoms with E-state index in [2.05, 4.69) is 27.8 Å². The number of hydrogen-bond donors (Lipinski definition) is 1. The first-order valence-electron chi connectivity index (χ1n) is 7.66. The van der Waals surface area contributed by atoms with E-state index in [1.807, 2.05) is 18.7 Å². The number of nitrogens with zero attached hydrogens (tertiary/aromatic N) is 2. The molecule has 0 aromatic carbocycles. The number of aryl methyl sites for hydroxylation is 2. The van der Waals surface area contributed by atoms with Crippen LogP contribution in [0.3, 0.4) is 0 Å². The first-order chi connectivity index (χ1) is 10.6. The highest BCUT2D eigenvalue weighted by atomic mass is 32.1. The molecule has 1 atom stereocenters. The summed E-state index contributed by atoms with van der Waals surface area (Å²) in [5.41, 5.74) is 1.09. The van der Waals surface area contributed by atoms with Crippen molar-refractivity contribution in [3.05, 3.63) is 38.0 Å². The van der Waals surface area contributed by atoms with Gasteiger partial charge in [0.1, 0.15) is 0 Å². The normalized spacial score (nSPS) is 17.9. The van der Waals surface area contributed by atoms with E-state index in [1.54, 1.807) is 22.7 Å². The summed E-state index contributed by atoms with van der Waals surface area (Å²) in [6, 6.07) is 4.51. The van der Waals surface area contributed by atoms with Crippen molar-refractivity contribution in [3.8, 4) is 0 Å². The van der Waals surface area contributed by atoms with Crippen molar-refractivity contribution >= 4 is 28.7 Å². The first kappa shape index (κ1) is 15.5. The van der Waals surface area contributed by atoms with Crippen molar-refractivity contribution in [2.45, 2.75) is 39.2 Å². The Morgan fingerprint density at radius 1 is 1.50 bits per heavy atom. The highest BCUT2D eigenvalue weighted by Gasteiger charge is 2.30. The molecule has 0 spiro atoms. The first-order valence-corrected chi connectivity index (χ1v) is 9.35. The number of carbonyl (C=O) groups is 1. The number of aromatic nitrogens is 1. The molecular formula is C16H21N3OS2. The summed E-state index contributed by atoms with van der Waals surface area (Å²) in [6.45, 7) is 5.59. The van der Waals surface area contributed by atoms with Gasteiger partial charge in [-0.2, -0.15) is 0 Å². The van der Waals surface area contributed by atoms with Gasteiger partial charge in [-0.25, -0.2) is 9.78 Å². The SMILES string of the molecule is Cc1nc(C)c(CCNC(=O)N2CCC[C@H]2c2cccs2)s1. The maximum atomic E-state index is 12.4. The van der Waals surface area contributed by atoms with Crippen LogP contribution in [0.15, 0.2) is 17.5 Å². The van der Waals surface area contributed by atoms with Crippen LogP contribution in [0.5, 0.6) is 0 Å². The highest BCUT2D eigenvalue weighted by Crippen LogP contribution is 2.34. The third-order valence-corrected chi connectivity index (χ3v) is 6.12. The van der Waals surface area contributed by atoms with Crippen LogP contribution in [-0.2, 0) is 6.42 Å². The van der Waals surface area contributed by atoms with E-state index in [4.69, 9.17) is 0 Å². The Hall–Kier alpha value is -1.40. The van der Waals surface area contributed by atoms with Crippen molar-refractivity contribution in [3.63, 3.8) is 0 Å². The molecule has 1 aliphatic heterocycles. The number of thiophene rings is 1. The molecule has 22 heavy (non-hydrogen) atoms. The highest BCUT2D eigenvalue weighted by molar-refractivity contribution is 7.11. The average Bonchev–Trinajstić information content (AvgIpc) is 3.19. The fraction of sp³-hybridized carbons (Fsp3) is 0.500. The number of rotatable bonds is 4. The molecule has 0 bridgehead atoms. The quantitative estimate of drug-likeness (QED) is 0.921. The summed E-state index contributed by atoms with van der Waals surface area (Å²) in [4.78, 5) is 21.4. The van der Waals surface area contributed by atoms with Crippen molar-refractivity contribution < 1.29 is 4.79 Å². The molecule has 1 N–H and O–H groups in total. The van der Waals surface area contributed by atoms with E-state index in [1.165, 1.54) is 9.75 Å². The Morgan fingerprint density at radius 2 is 2.36 bits per heavy atom. The Labute approximate surface area is 139 Å². The number of hydrogen-bond acceptors (Lipinski definition) is 4. The lowest BCUT2D eigenvalue weighted by molar-refractivity contribution is 0.194. The molecule has 2 amide bonds. The molecule has 2 aromatic rings. The van der Waals surface area contributed by atoms with Gasteiger partial charge >= 0.3 is 6.03 Å². The number of thiazole rings is 1. The molecule has 2 aromatic heterocycles. The summed E-state index contributed by atoms with van der Waals surface area (Å²) >= 11 is 3.46. The lowest BCUT2D eigenvalue weighted by atomic mass is 10.2. The van der Waals surface area contributed by atoms with Crippen LogP contribution in [0.25, 0.3) is 0 Å². The van der Waals surface area contributed by atoms with Crippen LogP contribution in [0.2, 0.25) is 0 Å². The molecule has 3 heterocycles. The zero-order valence-corrected chi connectivity index (χ0v) is 14.6. The van der Waals surface area contributed by atoms with E-state index >= 15 is 0 Å². The smallest absolute Gasteiger partial charge is 0.317 e. The number of likely N-dealkylation sites (tertiary alicyclic amines) is 1. The standard InChI is InChI=1S/C16H21N3OS2/c1-11-14(22-12(2)18-11)7-8-17-16(20)19-9-3-5-13(19)15-6-4-10-21-15/h4,6,10,13H,3,5,7-9H2,1-2H3,(H,17,20)/t13-/m0/s1. The van der Waals surface area contributed by atoms with Crippen molar-refractivity contribution in [1.82, 2.24) is 15.2 Å². The summed E-state index contributed by atoms with van der Waals surface area (Å²) in [7, 11) is 0. The van der Waals surface area contributed by atoms with E-state index in [0.717, 1.165) is 36.5 Å². The molecule has 1 saturated heterocycles. The predicted octanol–water partition coefficient (Wildman–Crippen LogP) is 3.91. The van der Waals surface area contributed by atoms with Gasteiger partial charge in [0, 0.05) is 29.3 Å². The molecule has 3 rings (SSSR count). The van der Waals surface area contributed by atoms with Crippen LogP contribution in [0.1, 0.15) is 39.3 Å². The van der Waals surface area contributed by atoms with Crippen molar-refractivity contribution in [2.24, 2.45) is 0 Å². The van der Waals surface area contributed by atoms with Crippen LogP contribution >= 0.6 is 22.7 Å². The minimum absolute atomic E-state index is 0.0646. The maximum Gasteiger partial charge on any atom is 0.317 e. The second kappa shape index (κ2) is 6.79. The molecule has 118 valence electrons. The van der Waals surface area contributed by atoms with Gasteiger partial charge in [-0.05, 0) is 38.1 Å². The Balaban J connectivity index is 1.54. The summed E-state index contributed by atoms with van der Waals surface area (Å²) in [5.74, 6) is 0. The Morgan fingerprint density at radius 3 is 3.05 bits per heavy atom. The lowest BCUT2D eigenvalue weighted by Gasteiger charge is -2.24. The van der Waals surface area contributed by atoms with Gasteiger partial charge in [-0.15, -0.1) is 22.7 Å². The van der Waals surface area contributed by atoms with Gasteiger partial charge in [0.05, 0.1) is 16.7 Å². The Bertz CT molecular complexity index is 636. The third kappa shape index (κ3) is 3.33.